The van der Waals surface area contributed by atoms with Crippen molar-refractivity contribution in [2.75, 3.05) is 11.1 Å². The van der Waals surface area contributed by atoms with Crippen LogP contribution >= 0.6 is 11.8 Å². The maximum atomic E-state index is 12.2. The third-order valence-corrected chi connectivity index (χ3v) is 4.96. The van der Waals surface area contributed by atoms with Gasteiger partial charge in [-0.2, -0.15) is 0 Å². The summed E-state index contributed by atoms with van der Waals surface area (Å²) in [5.41, 5.74) is 1.65. The summed E-state index contributed by atoms with van der Waals surface area (Å²) in [6, 6.07) is 24.3. The number of anilines is 1. The lowest BCUT2D eigenvalue weighted by molar-refractivity contribution is -0.113. The molecule has 1 aromatic heterocycles. The molecule has 0 atom stereocenters. The average Bonchev–Trinajstić information content (AvgIpc) is 2.66. The zero-order chi connectivity index (χ0) is 17.1. The Kier molecular flexibility index (Phi) is 4.36. The highest BCUT2D eigenvalue weighted by Gasteiger charge is 2.05. The highest BCUT2D eigenvalue weighted by Crippen LogP contribution is 2.24. The summed E-state index contributed by atoms with van der Waals surface area (Å²) in [4.78, 5) is 17.7. The van der Waals surface area contributed by atoms with Crippen molar-refractivity contribution in [3.05, 3.63) is 79.0 Å². The van der Waals surface area contributed by atoms with E-state index in [1.54, 1.807) is 6.20 Å². The zero-order valence-corrected chi connectivity index (χ0v) is 14.3. The second-order valence-electron chi connectivity index (χ2n) is 5.76. The fourth-order valence-corrected chi connectivity index (χ4v) is 3.49. The van der Waals surface area contributed by atoms with Gasteiger partial charge in [-0.1, -0.05) is 48.5 Å². The average molecular weight is 344 g/mol. The van der Waals surface area contributed by atoms with Crippen molar-refractivity contribution in [3.8, 4) is 0 Å². The van der Waals surface area contributed by atoms with Crippen LogP contribution in [0.1, 0.15) is 0 Å². The fourth-order valence-electron chi connectivity index (χ4n) is 2.74. The minimum absolute atomic E-state index is 0.0322. The van der Waals surface area contributed by atoms with Crippen LogP contribution in [-0.2, 0) is 4.79 Å². The summed E-state index contributed by atoms with van der Waals surface area (Å²) in [6.45, 7) is 0. The molecule has 0 saturated heterocycles. The number of pyridine rings is 1. The quantitative estimate of drug-likeness (QED) is 0.523. The van der Waals surface area contributed by atoms with Crippen molar-refractivity contribution in [1.82, 2.24) is 4.98 Å². The fraction of sp³-hybridized carbons (Fsp3) is 0.0476. The van der Waals surface area contributed by atoms with Gasteiger partial charge in [0.05, 0.1) is 23.2 Å². The van der Waals surface area contributed by atoms with E-state index in [2.05, 4.69) is 40.6 Å². The van der Waals surface area contributed by atoms with E-state index in [1.165, 1.54) is 22.5 Å². The van der Waals surface area contributed by atoms with Gasteiger partial charge in [-0.3, -0.25) is 9.78 Å². The van der Waals surface area contributed by atoms with Gasteiger partial charge in [0.15, 0.2) is 0 Å². The topological polar surface area (TPSA) is 42.0 Å². The first-order chi connectivity index (χ1) is 12.3. The van der Waals surface area contributed by atoms with Gasteiger partial charge < -0.3 is 5.32 Å². The first kappa shape index (κ1) is 15.7. The SMILES string of the molecule is O=C(CSc1ccc2ccccc2c1)Nc1cnc2ccccc2c1. The highest BCUT2D eigenvalue weighted by atomic mass is 32.2. The van der Waals surface area contributed by atoms with Crippen LogP contribution in [0.15, 0.2) is 83.9 Å². The van der Waals surface area contributed by atoms with E-state index in [1.807, 2.05) is 42.5 Å². The molecule has 3 nitrogen and oxygen atoms in total. The van der Waals surface area contributed by atoms with Gasteiger partial charge in [-0.25, -0.2) is 0 Å². The minimum Gasteiger partial charge on any atom is -0.324 e. The number of para-hydroxylation sites is 1. The summed E-state index contributed by atoms with van der Waals surface area (Å²) < 4.78 is 0. The monoisotopic (exact) mass is 344 g/mol. The third-order valence-electron chi connectivity index (χ3n) is 3.97. The molecule has 3 aromatic carbocycles. The van der Waals surface area contributed by atoms with Gasteiger partial charge in [0.2, 0.25) is 5.91 Å². The van der Waals surface area contributed by atoms with E-state index < -0.39 is 0 Å². The van der Waals surface area contributed by atoms with E-state index in [4.69, 9.17) is 0 Å². The van der Waals surface area contributed by atoms with Crippen molar-refractivity contribution in [1.29, 1.82) is 0 Å². The minimum atomic E-state index is -0.0322. The summed E-state index contributed by atoms with van der Waals surface area (Å²) in [5, 5.41) is 6.33. The van der Waals surface area contributed by atoms with Crippen LogP contribution in [-0.4, -0.2) is 16.6 Å². The lowest BCUT2D eigenvalue weighted by Crippen LogP contribution is -2.14. The molecule has 0 aliphatic rings. The molecule has 1 heterocycles. The van der Waals surface area contributed by atoms with Crippen molar-refractivity contribution < 1.29 is 4.79 Å². The highest BCUT2D eigenvalue weighted by molar-refractivity contribution is 8.00. The number of carbonyl (C=O) groups is 1. The Morgan fingerprint density at radius 2 is 1.64 bits per heavy atom. The summed E-state index contributed by atoms with van der Waals surface area (Å²) in [6.07, 6.45) is 1.70. The number of amides is 1. The number of hydrogen-bond acceptors (Lipinski definition) is 3. The zero-order valence-electron chi connectivity index (χ0n) is 13.5. The van der Waals surface area contributed by atoms with Crippen molar-refractivity contribution in [2.45, 2.75) is 4.90 Å². The first-order valence-electron chi connectivity index (χ1n) is 8.04. The number of benzene rings is 3. The molecular weight excluding hydrogens is 328 g/mol. The van der Waals surface area contributed by atoms with Gasteiger partial charge in [0.1, 0.15) is 0 Å². The normalized spacial score (nSPS) is 10.9. The smallest absolute Gasteiger partial charge is 0.234 e. The molecule has 1 amide bonds. The largest absolute Gasteiger partial charge is 0.324 e. The number of thioether (sulfide) groups is 1. The van der Waals surface area contributed by atoms with Gasteiger partial charge in [-0.15, -0.1) is 11.8 Å². The van der Waals surface area contributed by atoms with E-state index in [0.717, 1.165) is 21.5 Å². The molecule has 25 heavy (non-hydrogen) atoms. The number of rotatable bonds is 4. The molecule has 122 valence electrons. The van der Waals surface area contributed by atoms with Gasteiger partial charge in [0.25, 0.3) is 0 Å². The molecule has 4 aromatic rings. The van der Waals surface area contributed by atoms with E-state index >= 15 is 0 Å². The van der Waals surface area contributed by atoms with Crippen molar-refractivity contribution >= 4 is 45.0 Å². The van der Waals surface area contributed by atoms with Crippen molar-refractivity contribution in [3.63, 3.8) is 0 Å². The predicted octanol–water partition coefficient (Wildman–Crippen LogP) is 5.12. The lowest BCUT2D eigenvalue weighted by atomic mass is 10.1. The van der Waals surface area contributed by atoms with Crippen molar-refractivity contribution in [2.24, 2.45) is 0 Å². The van der Waals surface area contributed by atoms with Gasteiger partial charge in [-0.05, 0) is 35.0 Å². The predicted molar refractivity (Wildman–Crippen MR) is 105 cm³/mol. The van der Waals surface area contributed by atoms with E-state index in [0.29, 0.717) is 5.75 Å². The molecule has 1 N–H and O–H groups in total. The van der Waals surface area contributed by atoms with Crippen LogP contribution < -0.4 is 5.32 Å². The molecule has 4 heteroatoms. The third kappa shape index (κ3) is 3.64. The number of hydrogen-bond donors (Lipinski definition) is 1. The Hall–Kier alpha value is -2.85. The molecule has 0 unspecified atom stereocenters. The van der Waals surface area contributed by atoms with Crippen LogP contribution in [0.3, 0.4) is 0 Å². The number of aromatic nitrogens is 1. The molecular formula is C21H16N2OS. The first-order valence-corrected chi connectivity index (χ1v) is 9.03. The summed E-state index contributed by atoms with van der Waals surface area (Å²) >= 11 is 1.53. The van der Waals surface area contributed by atoms with E-state index in [9.17, 15) is 4.79 Å². The van der Waals surface area contributed by atoms with Crippen LogP contribution in [0.5, 0.6) is 0 Å². The van der Waals surface area contributed by atoms with E-state index in [-0.39, 0.29) is 5.91 Å². The number of fused-ring (bicyclic) bond motifs is 2. The van der Waals surface area contributed by atoms with Gasteiger partial charge >= 0.3 is 0 Å². The summed E-state index contributed by atoms with van der Waals surface area (Å²) in [5.74, 6) is 0.334. The summed E-state index contributed by atoms with van der Waals surface area (Å²) in [7, 11) is 0. The second-order valence-corrected chi connectivity index (χ2v) is 6.81. The molecule has 0 radical (unpaired) electrons. The Balaban J connectivity index is 1.42. The Labute approximate surface area is 150 Å². The molecule has 0 fully saturated rings. The molecule has 0 aliphatic carbocycles. The van der Waals surface area contributed by atoms with Crippen LogP contribution in [0.4, 0.5) is 5.69 Å². The van der Waals surface area contributed by atoms with Crippen LogP contribution in [0.2, 0.25) is 0 Å². The van der Waals surface area contributed by atoms with Crippen LogP contribution in [0, 0.1) is 0 Å². The molecule has 0 bridgehead atoms. The Morgan fingerprint density at radius 3 is 2.52 bits per heavy atom. The lowest BCUT2D eigenvalue weighted by Gasteiger charge is -2.07. The molecule has 4 rings (SSSR count). The Morgan fingerprint density at radius 1 is 0.880 bits per heavy atom. The molecule has 0 spiro atoms. The molecule has 0 saturated carbocycles. The van der Waals surface area contributed by atoms with Crippen LogP contribution in [0.25, 0.3) is 21.7 Å². The van der Waals surface area contributed by atoms with Gasteiger partial charge in [0, 0.05) is 10.3 Å². The maximum Gasteiger partial charge on any atom is 0.234 e. The number of nitrogens with zero attached hydrogens (tertiary/aromatic N) is 1. The second kappa shape index (κ2) is 6.95. The number of nitrogens with one attached hydrogen (secondary N) is 1. The standard InChI is InChI=1S/C21H16N2OS/c24-21(23-18-11-17-7-3-4-8-20(17)22-13-18)14-25-19-10-9-15-5-1-2-6-16(15)12-19/h1-13H,14H2,(H,23,24). The number of carbonyl (C=O) groups excluding carboxylic acids is 1. The maximum absolute atomic E-state index is 12.2. The Bertz CT molecular complexity index is 1060. The molecule has 0 aliphatic heterocycles.